The summed E-state index contributed by atoms with van der Waals surface area (Å²) in [5, 5.41) is 3.27. The van der Waals surface area contributed by atoms with Gasteiger partial charge in [0.25, 0.3) is 5.56 Å². The van der Waals surface area contributed by atoms with E-state index in [1.54, 1.807) is 23.8 Å². The number of aromatic amines is 1. The monoisotopic (exact) mass is 448 g/mol. The number of aryl methyl sites for hydroxylation is 1. The number of H-pyrrole nitrogens is 1. The van der Waals surface area contributed by atoms with Crippen molar-refractivity contribution < 1.29 is 9.18 Å². The van der Waals surface area contributed by atoms with Crippen LogP contribution in [0.5, 0.6) is 0 Å². The zero-order valence-electron chi connectivity index (χ0n) is 17.4. The molecule has 1 aliphatic carbocycles. The van der Waals surface area contributed by atoms with Gasteiger partial charge in [0.15, 0.2) is 5.16 Å². The van der Waals surface area contributed by atoms with Crippen LogP contribution in [0.3, 0.4) is 0 Å². The summed E-state index contributed by atoms with van der Waals surface area (Å²) in [6, 6.07) is 14.1. The summed E-state index contributed by atoms with van der Waals surface area (Å²) in [4.78, 5) is 33.7. The van der Waals surface area contributed by atoms with Crippen LogP contribution in [0.15, 0.2) is 64.7 Å². The van der Waals surface area contributed by atoms with E-state index in [0.717, 1.165) is 29.5 Å². The van der Waals surface area contributed by atoms with Gasteiger partial charge in [0, 0.05) is 23.5 Å². The number of nitrogens with zero attached hydrogens (tertiary/aromatic N) is 2. The summed E-state index contributed by atoms with van der Waals surface area (Å²) >= 11 is 1.22. The number of hydrogen-bond donors (Lipinski definition) is 2. The number of rotatable bonds is 6. The minimum Gasteiger partial charge on any atom is -0.355 e. The molecular weight excluding hydrogens is 427 g/mol. The largest absolute Gasteiger partial charge is 0.355 e. The third kappa shape index (κ3) is 3.93. The summed E-state index contributed by atoms with van der Waals surface area (Å²) in [6.45, 7) is 1.81. The third-order valence-corrected chi connectivity index (χ3v) is 6.45. The van der Waals surface area contributed by atoms with E-state index >= 15 is 0 Å². The van der Waals surface area contributed by atoms with Gasteiger partial charge in [0.05, 0.1) is 5.75 Å². The maximum absolute atomic E-state index is 13.5. The molecule has 4 aromatic rings. The third-order valence-electron chi connectivity index (χ3n) is 5.50. The van der Waals surface area contributed by atoms with Crippen LogP contribution in [0.25, 0.3) is 22.2 Å². The number of nitrogens with one attached hydrogen (secondary N) is 2. The molecule has 1 fully saturated rings. The molecule has 0 bridgehead atoms. The molecule has 2 aromatic carbocycles. The number of hydrogen-bond acceptors (Lipinski definition) is 4. The predicted molar refractivity (Wildman–Crippen MR) is 125 cm³/mol. The van der Waals surface area contributed by atoms with Crippen molar-refractivity contribution >= 4 is 34.4 Å². The number of anilines is 1. The van der Waals surface area contributed by atoms with Gasteiger partial charge in [-0.25, -0.2) is 9.37 Å². The molecule has 6 nitrogen and oxygen atoms in total. The molecule has 0 aliphatic heterocycles. The number of carbonyl (C=O) groups is 1. The molecule has 0 unspecified atom stereocenters. The zero-order chi connectivity index (χ0) is 22.2. The Morgan fingerprint density at radius 2 is 2.03 bits per heavy atom. The van der Waals surface area contributed by atoms with Crippen LogP contribution in [-0.4, -0.2) is 26.2 Å². The fraction of sp³-hybridized carbons (Fsp3) is 0.208. The number of halogens is 1. The van der Waals surface area contributed by atoms with Crippen LogP contribution < -0.4 is 10.9 Å². The molecule has 162 valence electrons. The Bertz CT molecular complexity index is 1380. The summed E-state index contributed by atoms with van der Waals surface area (Å²) < 4.78 is 15.2. The van der Waals surface area contributed by atoms with E-state index in [-0.39, 0.29) is 23.3 Å². The zero-order valence-corrected chi connectivity index (χ0v) is 18.2. The van der Waals surface area contributed by atoms with Crippen molar-refractivity contribution in [2.45, 2.75) is 31.0 Å². The highest BCUT2D eigenvalue weighted by molar-refractivity contribution is 7.99. The van der Waals surface area contributed by atoms with E-state index in [4.69, 9.17) is 4.98 Å². The van der Waals surface area contributed by atoms with Gasteiger partial charge in [-0.2, -0.15) is 0 Å². The lowest BCUT2D eigenvalue weighted by molar-refractivity contribution is -0.113. The number of amides is 1. The first-order valence-corrected chi connectivity index (χ1v) is 11.4. The lowest BCUT2D eigenvalue weighted by Crippen LogP contribution is -2.23. The number of carbonyl (C=O) groups excluding carboxylic acids is 1. The van der Waals surface area contributed by atoms with Gasteiger partial charge in [-0.1, -0.05) is 48.2 Å². The Labute approximate surface area is 187 Å². The van der Waals surface area contributed by atoms with Crippen LogP contribution in [0.4, 0.5) is 10.1 Å². The van der Waals surface area contributed by atoms with Crippen LogP contribution in [0.1, 0.15) is 24.4 Å². The van der Waals surface area contributed by atoms with Crippen molar-refractivity contribution in [3.05, 3.63) is 76.5 Å². The molecule has 2 N–H and O–H groups in total. The highest BCUT2D eigenvalue weighted by Crippen LogP contribution is 2.37. The van der Waals surface area contributed by atoms with Crippen LogP contribution in [0.2, 0.25) is 0 Å². The predicted octanol–water partition coefficient (Wildman–Crippen LogP) is 4.90. The fourth-order valence-electron chi connectivity index (χ4n) is 3.69. The number of fused-ring (bicyclic) bond motifs is 1. The van der Waals surface area contributed by atoms with Gasteiger partial charge >= 0.3 is 0 Å². The minimum absolute atomic E-state index is 0.0612. The Morgan fingerprint density at radius 3 is 2.78 bits per heavy atom. The van der Waals surface area contributed by atoms with E-state index in [0.29, 0.717) is 21.9 Å². The second-order valence-corrected chi connectivity index (χ2v) is 8.83. The Morgan fingerprint density at radius 1 is 1.25 bits per heavy atom. The molecule has 0 spiro atoms. The summed E-state index contributed by atoms with van der Waals surface area (Å²) in [7, 11) is 0. The van der Waals surface area contributed by atoms with Crippen LogP contribution in [-0.2, 0) is 4.79 Å². The fourth-order valence-corrected chi connectivity index (χ4v) is 4.55. The Balaban J connectivity index is 1.46. The lowest BCUT2D eigenvalue weighted by Gasteiger charge is -2.12. The molecule has 5 rings (SSSR count). The van der Waals surface area contributed by atoms with Crippen molar-refractivity contribution in [3.8, 4) is 11.1 Å². The van der Waals surface area contributed by atoms with E-state index < -0.39 is 5.82 Å². The number of thioether (sulfide) groups is 1. The van der Waals surface area contributed by atoms with Gasteiger partial charge in [-0.05, 0) is 43.0 Å². The molecule has 0 radical (unpaired) electrons. The smallest absolute Gasteiger partial charge is 0.278 e. The first-order chi connectivity index (χ1) is 15.5. The number of aromatic nitrogens is 3. The van der Waals surface area contributed by atoms with Crippen molar-refractivity contribution in [2.24, 2.45) is 0 Å². The standard InChI is InChI=1S/C24H21FN4O2S/c1-14-7-8-16(25)11-19(14)27-20(30)13-32-24-28-21-18(15-5-3-2-4-6-15)12-26-22(21)23(31)29(24)17-9-10-17/h2-8,11-12,17,26H,9-10,13H2,1H3,(H,27,30). The van der Waals surface area contributed by atoms with Crippen LogP contribution >= 0.6 is 11.8 Å². The van der Waals surface area contributed by atoms with E-state index in [2.05, 4.69) is 10.3 Å². The molecule has 0 saturated heterocycles. The van der Waals surface area contributed by atoms with Gasteiger partial charge < -0.3 is 10.3 Å². The maximum atomic E-state index is 13.5. The van der Waals surface area contributed by atoms with Gasteiger partial charge in [0.1, 0.15) is 16.9 Å². The molecular formula is C24H21FN4O2S. The minimum atomic E-state index is -0.408. The molecule has 0 atom stereocenters. The Kier molecular flexibility index (Phi) is 5.30. The molecule has 2 aromatic heterocycles. The molecule has 1 saturated carbocycles. The van der Waals surface area contributed by atoms with Gasteiger partial charge in [0.2, 0.25) is 5.91 Å². The van der Waals surface area contributed by atoms with E-state index in [9.17, 15) is 14.0 Å². The lowest BCUT2D eigenvalue weighted by atomic mass is 10.1. The summed E-state index contributed by atoms with van der Waals surface area (Å²) in [5.41, 5.74) is 3.98. The highest BCUT2D eigenvalue weighted by Gasteiger charge is 2.29. The van der Waals surface area contributed by atoms with E-state index in [1.165, 1.54) is 23.9 Å². The summed E-state index contributed by atoms with van der Waals surface area (Å²) in [5.74, 6) is -0.627. The Hall–Kier alpha value is -3.39. The topological polar surface area (TPSA) is 79.8 Å². The average Bonchev–Trinajstić information content (AvgIpc) is 3.53. The highest BCUT2D eigenvalue weighted by atomic mass is 32.2. The number of benzene rings is 2. The van der Waals surface area contributed by atoms with Gasteiger partial charge in [-0.3, -0.25) is 14.2 Å². The first kappa shape index (κ1) is 20.5. The van der Waals surface area contributed by atoms with Crippen LogP contribution in [0, 0.1) is 12.7 Å². The summed E-state index contributed by atoms with van der Waals surface area (Å²) in [6.07, 6.45) is 3.64. The van der Waals surface area contributed by atoms with Crippen molar-refractivity contribution in [1.82, 2.24) is 14.5 Å². The second kappa shape index (κ2) is 8.27. The average molecular weight is 449 g/mol. The van der Waals surface area contributed by atoms with E-state index in [1.807, 2.05) is 30.3 Å². The normalized spacial score (nSPS) is 13.4. The molecule has 1 aliphatic rings. The van der Waals surface area contributed by atoms with Crippen molar-refractivity contribution in [1.29, 1.82) is 0 Å². The first-order valence-electron chi connectivity index (χ1n) is 10.4. The van der Waals surface area contributed by atoms with Crippen molar-refractivity contribution in [2.75, 3.05) is 11.1 Å². The second-order valence-electron chi connectivity index (χ2n) is 7.89. The molecule has 32 heavy (non-hydrogen) atoms. The molecule has 2 heterocycles. The molecule has 1 amide bonds. The quantitative estimate of drug-likeness (QED) is 0.325. The maximum Gasteiger partial charge on any atom is 0.278 e. The van der Waals surface area contributed by atoms with Gasteiger partial charge in [-0.15, -0.1) is 0 Å². The molecule has 8 heteroatoms. The van der Waals surface area contributed by atoms with Crippen molar-refractivity contribution in [3.63, 3.8) is 0 Å². The SMILES string of the molecule is Cc1ccc(F)cc1NC(=O)CSc1nc2c(-c3ccccc3)c[nH]c2c(=O)n1C1CC1.